The third kappa shape index (κ3) is 5.06. The van der Waals surface area contributed by atoms with E-state index in [0.29, 0.717) is 11.0 Å². The van der Waals surface area contributed by atoms with Crippen LogP contribution in [0.3, 0.4) is 0 Å². The molecule has 1 aromatic heterocycles. The maximum Gasteiger partial charge on any atom is 0.239 e. The summed E-state index contributed by atoms with van der Waals surface area (Å²) in [6.45, 7) is 6.85. The molecular weight excluding hydrogens is 337 g/mol. The normalized spacial score (nSPS) is 11.5. The molecule has 0 bridgehead atoms. The zero-order valence-corrected chi connectivity index (χ0v) is 13.7. The first-order valence-electron chi connectivity index (χ1n) is 6.54. The van der Waals surface area contributed by atoms with Crippen LogP contribution in [0.2, 0.25) is 0 Å². The average molecular weight is 354 g/mol. The first-order valence-corrected chi connectivity index (χ1v) is 7.33. The Bertz CT molecular complexity index is 611. The van der Waals surface area contributed by atoms with Crippen molar-refractivity contribution in [1.82, 2.24) is 15.5 Å². The van der Waals surface area contributed by atoms with Gasteiger partial charge in [0, 0.05) is 22.6 Å². The van der Waals surface area contributed by atoms with E-state index in [0.717, 1.165) is 5.69 Å². The lowest BCUT2D eigenvalue weighted by molar-refractivity contribution is 0.410. The molecule has 0 aliphatic rings. The van der Waals surface area contributed by atoms with Crippen LogP contribution in [-0.2, 0) is 6.54 Å². The van der Waals surface area contributed by atoms with E-state index in [4.69, 9.17) is 4.74 Å². The van der Waals surface area contributed by atoms with Crippen LogP contribution >= 0.6 is 15.9 Å². The summed E-state index contributed by atoms with van der Waals surface area (Å²) in [5.74, 6) is -0.0755. The number of hydrogen-bond acceptors (Lipinski definition) is 4. The monoisotopic (exact) mass is 353 g/mol. The second-order valence-corrected chi connectivity index (χ2v) is 6.56. The van der Waals surface area contributed by atoms with E-state index in [9.17, 15) is 4.39 Å². The molecule has 2 rings (SSSR count). The van der Waals surface area contributed by atoms with Crippen LogP contribution in [0.25, 0.3) is 0 Å². The minimum absolute atomic E-state index is 0.0113. The summed E-state index contributed by atoms with van der Waals surface area (Å²) >= 11 is 3.19. The highest BCUT2D eigenvalue weighted by Gasteiger charge is 2.10. The number of halogens is 2. The van der Waals surface area contributed by atoms with Gasteiger partial charge >= 0.3 is 0 Å². The van der Waals surface area contributed by atoms with Crippen molar-refractivity contribution in [3.63, 3.8) is 0 Å². The highest BCUT2D eigenvalue weighted by Crippen LogP contribution is 2.25. The maximum atomic E-state index is 13.7. The number of hydrogen-bond donors (Lipinski definition) is 1. The van der Waals surface area contributed by atoms with Gasteiger partial charge in [-0.2, -0.15) is 5.10 Å². The molecule has 0 saturated heterocycles. The van der Waals surface area contributed by atoms with Gasteiger partial charge in [0.05, 0.1) is 5.69 Å². The van der Waals surface area contributed by atoms with Gasteiger partial charge in [0.1, 0.15) is 0 Å². The van der Waals surface area contributed by atoms with Crippen molar-refractivity contribution in [2.45, 2.75) is 32.9 Å². The topological polar surface area (TPSA) is 47.0 Å². The van der Waals surface area contributed by atoms with Gasteiger partial charge in [-0.25, -0.2) is 4.39 Å². The SMILES string of the molecule is CC(C)(C)NCc1ccc(Oc2ccc(Br)cc2F)nn1. The molecule has 21 heavy (non-hydrogen) atoms. The molecule has 1 aromatic carbocycles. The molecule has 2 aromatic rings. The van der Waals surface area contributed by atoms with Crippen LogP contribution < -0.4 is 10.1 Å². The van der Waals surface area contributed by atoms with E-state index in [1.807, 2.05) is 0 Å². The Hall–Kier alpha value is -1.53. The smallest absolute Gasteiger partial charge is 0.239 e. The lowest BCUT2D eigenvalue weighted by atomic mass is 10.1. The second-order valence-electron chi connectivity index (χ2n) is 5.64. The number of rotatable bonds is 4. The van der Waals surface area contributed by atoms with Crippen molar-refractivity contribution in [2.75, 3.05) is 0 Å². The molecule has 0 aliphatic heterocycles. The van der Waals surface area contributed by atoms with Gasteiger partial charge in [-0.1, -0.05) is 15.9 Å². The number of nitrogens with zero attached hydrogens (tertiary/aromatic N) is 2. The number of benzene rings is 1. The predicted molar refractivity (Wildman–Crippen MR) is 82.8 cm³/mol. The zero-order valence-electron chi connectivity index (χ0n) is 12.2. The molecule has 0 fully saturated rings. The summed E-state index contributed by atoms with van der Waals surface area (Å²) in [7, 11) is 0. The quantitative estimate of drug-likeness (QED) is 0.900. The zero-order chi connectivity index (χ0) is 15.5. The van der Waals surface area contributed by atoms with E-state index in [-0.39, 0.29) is 17.2 Å². The maximum absolute atomic E-state index is 13.7. The fraction of sp³-hybridized carbons (Fsp3) is 0.333. The summed E-state index contributed by atoms with van der Waals surface area (Å²) in [5, 5.41) is 11.3. The standard InChI is InChI=1S/C15H17BrFN3O/c1-15(2,3)18-9-11-5-7-14(20-19-11)21-13-6-4-10(16)8-12(13)17/h4-8,18H,9H2,1-3H3. The van der Waals surface area contributed by atoms with E-state index >= 15 is 0 Å². The Kier molecular flexibility index (Phi) is 4.90. The third-order valence-electron chi connectivity index (χ3n) is 2.60. The van der Waals surface area contributed by atoms with Crippen LogP contribution in [0.1, 0.15) is 26.5 Å². The van der Waals surface area contributed by atoms with Gasteiger partial charge in [-0.3, -0.25) is 0 Å². The van der Waals surface area contributed by atoms with Crippen molar-refractivity contribution in [1.29, 1.82) is 0 Å². The molecule has 0 unspecified atom stereocenters. The molecule has 1 N–H and O–H groups in total. The first kappa shape index (κ1) is 15.9. The van der Waals surface area contributed by atoms with Crippen molar-refractivity contribution >= 4 is 15.9 Å². The fourth-order valence-corrected chi connectivity index (χ4v) is 1.86. The van der Waals surface area contributed by atoms with Gasteiger partial charge in [0.25, 0.3) is 0 Å². The van der Waals surface area contributed by atoms with Crippen LogP contribution in [0.15, 0.2) is 34.8 Å². The largest absolute Gasteiger partial charge is 0.434 e. The molecular formula is C15H17BrFN3O. The van der Waals surface area contributed by atoms with Gasteiger partial charge in [0.15, 0.2) is 11.6 Å². The van der Waals surface area contributed by atoms with Crippen LogP contribution in [0.5, 0.6) is 11.6 Å². The summed E-state index contributed by atoms with van der Waals surface area (Å²) in [5.41, 5.74) is 0.811. The Morgan fingerprint density at radius 3 is 2.52 bits per heavy atom. The molecule has 0 saturated carbocycles. The number of nitrogens with one attached hydrogen (secondary N) is 1. The molecule has 0 radical (unpaired) electrons. The Balaban J connectivity index is 2.02. The van der Waals surface area contributed by atoms with E-state index < -0.39 is 5.82 Å². The van der Waals surface area contributed by atoms with Crippen LogP contribution in [-0.4, -0.2) is 15.7 Å². The van der Waals surface area contributed by atoms with Gasteiger partial charge < -0.3 is 10.1 Å². The molecule has 6 heteroatoms. The Labute approximate surface area is 131 Å². The van der Waals surface area contributed by atoms with E-state index in [2.05, 4.69) is 52.2 Å². The van der Waals surface area contributed by atoms with E-state index in [1.165, 1.54) is 12.1 Å². The number of ether oxygens (including phenoxy) is 1. The average Bonchev–Trinajstić information content (AvgIpc) is 2.40. The molecule has 4 nitrogen and oxygen atoms in total. The molecule has 0 aliphatic carbocycles. The minimum atomic E-state index is -0.454. The van der Waals surface area contributed by atoms with Crippen molar-refractivity contribution in [2.24, 2.45) is 0 Å². The highest BCUT2D eigenvalue weighted by atomic mass is 79.9. The summed E-state index contributed by atoms with van der Waals surface area (Å²) in [6.07, 6.45) is 0. The predicted octanol–water partition coefficient (Wildman–Crippen LogP) is 4.06. The van der Waals surface area contributed by atoms with E-state index in [1.54, 1.807) is 18.2 Å². The van der Waals surface area contributed by atoms with Crippen molar-refractivity contribution < 1.29 is 9.13 Å². The van der Waals surface area contributed by atoms with Crippen molar-refractivity contribution in [3.8, 4) is 11.6 Å². The lowest BCUT2D eigenvalue weighted by Crippen LogP contribution is -2.35. The minimum Gasteiger partial charge on any atom is -0.434 e. The van der Waals surface area contributed by atoms with Crippen molar-refractivity contribution in [3.05, 3.63) is 46.3 Å². The molecule has 1 heterocycles. The van der Waals surface area contributed by atoms with Crippen LogP contribution in [0, 0.1) is 5.82 Å². The first-order chi connectivity index (χ1) is 9.83. The van der Waals surface area contributed by atoms with Gasteiger partial charge in [-0.05, 0) is 45.0 Å². The third-order valence-corrected chi connectivity index (χ3v) is 3.10. The summed E-state index contributed by atoms with van der Waals surface area (Å²) in [6, 6.07) is 8.06. The molecule has 0 amide bonds. The highest BCUT2D eigenvalue weighted by molar-refractivity contribution is 9.10. The van der Waals surface area contributed by atoms with Gasteiger partial charge in [0.2, 0.25) is 5.88 Å². The summed E-state index contributed by atoms with van der Waals surface area (Å²) < 4.78 is 19.7. The molecule has 0 spiro atoms. The lowest BCUT2D eigenvalue weighted by Gasteiger charge is -2.19. The van der Waals surface area contributed by atoms with Gasteiger partial charge in [-0.15, -0.1) is 5.10 Å². The van der Waals surface area contributed by atoms with Crippen LogP contribution in [0.4, 0.5) is 4.39 Å². The fourth-order valence-electron chi connectivity index (χ4n) is 1.52. The Morgan fingerprint density at radius 1 is 1.19 bits per heavy atom. The molecule has 112 valence electrons. The summed E-state index contributed by atoms with van der Waals surface area (Å²) in [4.78, 5) is 0. The second kappa shape index (κ2) is 6.49. The molecule has 0 atom stereocenters. The Morgan fingerprint density at radius 2 is 1.95 bits per heavy atom. The number of aromatic nitrogens is 2.